The molecule has 0 unspecified atom stereocenters. The third kappa shape index (κ3) is 5.03. The summed E-state index contributed by atoms with van der Waals surface area (Å²) in [6, 6.07) is 17.1. The quantitative estimate of drug-likeness (QED) is 0.342. The standard InChI is InChI=1S/C22H18Cl2N2O4/c1-29-20-11-4-6-14(12-25-26-19-10-3-2-7-15(19)22(27)28)21(20)30-13-16-17(23)8-5-9-18(16)24/h2-12,26H,13H2,1H3,(H,27,28). The Morgan fingerprint density at radius 2 is 1.77 bits per heavy atom. The van der Waals surface area contributed by atoms with Gasteiger partial charge in [-0.05, 0) is 36.4 Å². The molecule has 6 nitrogen and oxygen atoms in total. The van der Waals surface area contributed by atoms with E-state index in [1.807, 2.05) is 0 Å². The number of aromatic carboxylic acids is 1. The molecule has 30 heavy (non-hydrogen) atoms. The number of rotatable bonds is 8. The molecule has 0 aliphatic carbocycles. The van der Waals surface area contributed by atoms with Crippen LogP contribution < -0.4 is 14.9 Å². The maximum Gasteiger partial charge on any atom is 0.337 e. The highest BCUT2D eigenvalue weighted by atomic mass is 35.5. The van der Waals surface area contributed by atoms with E-state index in [1.165, 1.54) is 19.4 Å². The van der Waals surface area contributed by atoms with Crippen molar-refractivity contribution in [2.45, 2.75) is 6.61 Å². The number of anilines is 1. The molecule has 0 aromatic heterocycles. The van der Waals surface area contributed by atoms with E-state index in [2.05, 4.69) is 10.5 Å². The highest BCUT2D eigenvalue weighted by Crippen LogP contribution is 2.33. The second-order valence-corrected chi connectivity index (χ2v) is 6.90. The van der Waals surface area contributed by atoms with E-state index in [1.54, 1.807) is 54.6 Å². The Morgan fingerprint density at radius 1 is 1.07 bits per heavy atom. The van der Waals surface area contributed by atoms with Crippen LogP contribution >= 0.6 is 23.2 Å². The van der Waals surface area contributed by atoms with Crippen molar-refractivity contribution in [1.82, 2.24) is 0 Å². The average Bonchev–Trinajstić information content (AvgIpc) is 2.74. The lowest BCUT2D eigenvalue weighted by atomic mass is 10.2. The molecule has 3 aromatic carbocycles. The van der Waals surface area contributed by atoms with Gasteiger partial charge >= 0.3 is 5.97 Å². The van der Waals surface area contributed by atoms with Crippen LogP contribution in [0.5, 0.6) is 11.5 Å². The summed E-state index contributed by atoms with van der Waals surface area (Å²) in [5, 5.41) is 14.4. The van der Waals surface area contributed by atoms with E-state index in [9.17, 15) is 9.90 Å². The minimum Gasteiger partial charge on any atom is -0.493 e. The summed E-state index contributed by atoms with van der Waals surface area (Å²) < 4.78 is 11.4. The van der Waals surface area contributed by atoms with E-state index in [4.69, 9.17) is 32.7 Å². The van der Waals surface area contributed by atoms with Crippen molar-refractivity contribution in [2.75, 3.05) is 12.5 Å². The number of nitrogens with zero attached hydrogens (tertiary/aromatic N) is 1. The molecule has 3 aromatic rings. The second-order valence-electron chi connectivity index (χ2n) is 6.09. The summed E-state index contributed by atoms with van der Waals surface area (Å²) in [5.41, 5.74) is 4.51. The summed E-state index contributed by atoms with van der Waals surface area (Å²) in [6.07, 6.45) is 1.52. The average molecular weight is 445 g/mol. The van der Waals surface area contributed by atoms with Crippen molar-refractivity contribution in [3.63, 3.8) is 0 Å². The van der Waals surface area contributed by atoms with Gasteiger partial charge in [-0.2, -0.15) is 5.10 Å². The second kappa shape index (κ2) is 10.0. The molecule has 0 bridgehead atoms. The molecule has 3 rings (SSSR count). The van der Waals surface area contributed by atoms with Gasteiger partial charge in [-0.25, -0.2) is 4.79 Å². The number of benzene rings is 3. The lowest BCUT2D eigenvalue weighted by molar-refractivity contribution is 0.0698. The molecule has 0 aliphatic heterocycles. The maximum atomic E-state index is 11.3. The van der Waals surface area contributed by atoms with E-state index in [0.717, 1.165) is 0 Å². The number of carbonyl (C=O) groups is 1. The molecule has 0 aliphatic rings. The summed E-state index contributed by atoms with van der Waals surface area (Å²) in [7, 11) is 1.53. The topological polar surface area (TPSA) is 80.2 Å². The van der Waals surface area contributed by atoms with E-state index in [-0.39, 0.29) is 12.2 Å². The van der Waals surface area contributed by atoms with Crippen molar-refractivity contribution >= 4 is 41.1 Å². The Bertz CT molecular complexity index is 1070. The smallest absolute Gasteiger partial charge is 0.337 e. The zero-order valence-electron chi connectivity index (χ0n) is 15.9. The van der Waals surface area contributed by atoms with E-state index >= 15 is 0 Å². The Balaban J connectivity index is 1.84. The van der Waals surface area contributed by atoms with Gasteiger partial charge in [0.1, 0.15) is 6.61 Å². The fraction of sp³-hybridized carbons (Fsp3) is 0.0909. The Hall–Kier alpha value is -3.22. The van der Waals surface area contributed by atoms with Crippen LogP contribution in [0.1, 0.15) is 21.5 Å². The Labute approximate surface area is 183 Å². The zero-order chi connectivity index (χ0) is 21.5. The first-order valence-corrected chi connectivity index (χ1v) is 9.61. The summed E-state index contributed by atoms with van der Waals surface area (Å²) >= 11 is 12.4. The van der Waals surface area contributed by atoms with Crippen molar-refractivity contribution in [3.05, 3.63) is 87.4 Å². The van der Waals surface area contributed by atoms with E-state index < -0.39 is 5.97 Å². The molecule has 0 atom stereocenters. The highest BCUT2D eigenvalue weighted by Gasteiger charge is 2.13. The molecule has 154 valence electrons. The number of ether oxygens (including phenoxy) is 2. The number of hydrogen-bond donors (Lipinski definition) is 2. The predicted molar refractivity (Wildman–Crippen MR) is 118 cm³/mol. The number of hydrazone groups is 1. The van der Waals surface area contributed by atoms with Gasteiger partial charge in [0.15, 0.2) is 11.5 Å². The Morgan fingerprint density at radius 3 is 2.47 bits per heavy atom. The summed E-state index contributed by atoms with van der Waals surface area (Å²) in [4.78, 5) is 11.3. The van der Waals surface area contributed by atoms with Crippen molar-refractivity contribution in [2.24, 2.45) is 5.10 Å². The number of methoxy groups -OCH3 is 1. The SMILES string of the molecule is COc1cccc(C=NNc2ccccc2C(=O)O)c1OCc1c(Cl)cccc1Cl. The van der Waals surface area contributed by atoms with Crippen LogP contribution in [0.15, 0.2) is 65.8 Å². The van der Waals surface area contributed by atoms with Crippen LogP contribution in [0.25, 0.3) is 0 Å². The van der Waals surface area contributed by atoms with Gasteiger partial charge in [0, 0.05) is 21.2 Å². The first kappa shape index (κ1) is 21.5. The number of carboxylic acids is 1. The first-order valence-electron chi connectivity index (χ1n) is 8.85. The molecule has 0 amide bonds. The lowest BCUT2D eigenvalue weighted by Gasteiger charge is -2.14. The number of carboxylic acid groups (broad SMARTS) is 1. The third-order valence-electron chi connectivity index (χ3n) is 4.20. The molecule has 0 saturated carbocycles. The van der Waals surface area contributed by atoms with Gasteiger partial charge in [0.05, 0.1) is 24.6 Å². The molecule has 0 saturated heterocycles. The zero-order valence-corrected chi connectivity index (χ0v) is 17.4. The molecule has 2 N–H and O–H groups in total. The predicted octanol–water partition coefficient (Wildman–Crippen LogP) is 5.73. The normalized spacial score (nSPS) is 10.8. The molecular formula is C22H18Cl2N2O4. The number of hydrogen-bond acceptors (Lipinski definition) is 5. The minimum absolute atomic E-state index is 0.116. The third-order valence-corrected chi connectivity index (χ3v) is 4.91. The highest BCUT2D eigenvalue weighted by molar-refractivity contribution is 6.35. The van der Waals surface area contributed by atoms with Gasteiger partial charge < -0.3 is 14.6 Å². The van der Waals surface area contributed by atoms with Crippen LogP contribution in [0.3, 0.4) is 0 Å². The molecule has 8 heteroatoms. The maximum absolute atomic E-state index is 11.3. The minimum atomic E-state index is -1.05. The molecule has 0 heterocycles. The van der Waals surface area contributed by atoms with Gasteiger partial charge in [0.2, 0.25) is 0 Å². The van der Waals surface area contributed by atoms with Crippen molar-refractivity contribution in [3.8, 4) is 11.5 Å². The number of halogens is 2. The molecule has 0 fully saturated rings. The van der Waals surface area contributed by atoms with Gasteiger partial charge in [0.25, 0.3) is 0 Å². The summed E-state index contributed by atoms with van der Waals surface area (Å²) in [6.45, 7) is 0.134. The largest absolute Gasteiger partial charge is 0.493 e. The van der Waals surface area contributed by atoms with Gasteiger partial charge in [-0.3, -0.25) is 5.43 Å². The fourth-order valence-electron chi connectivity index (χ4n) is 2.70. The fourth-order valence-corrected chi connectivity index (χ4v) is 3.21. The van der Waals surface area contributed by atoms with Gasteiger partial charge in [-0.1, -0.05) is 47.5 Å². The van der Waals surface area contributed by atoms with Crippen LogP contribution in [0.4, 0.5) is 5.69 Å². The number of nitrogens with one attached hydrogen (secondary N) is 1. The number of para-hydroxylation sites is 2. The van der Waals surface area contributed by atoms with Crippen LogP contribution in [0, 0.1) is 0 Å². The lowest BCUT2D eigenvalue weighted by Crippen LogP contribution is -2.04. The summed E-state index contributed by atoms with van der Waals surface area (Å²) in [5.74, 6) is -0.0866. The molecular weight excluding hydrogens is 427 g/mol. The van der Waals surface area contributed by atoms with Crippen LogP contribution in [-0.2, 0) is 6.61 Å². The Kier molecular flexibility index (Phi) is 7.17. The van der Waals surface area contributed by atoms with Crippen molar-refractivity contribution < 1.29 is 19.4 Å². The van der Waals surface area contributed by atoms with Crippen LogP contribution in [-0.4, -0.2) is 24.4 Å². The monoisotopic (exact) mass is 444 g/mol. The van der Waals surface area contributed by atoms with Crippen molar-refractivity contribution in [1.29, 1.82) is 0 Å². The molecule has 0 radical (unpaired) electrons. The first-order chi connectivity index (χ1) is 14.5. The van der Waals surface area contributed by atoms with Gasteiger partial charge in [-0.15, -0.1) is 0 Å². The van der Waals surface area contributed by atoms with E-state index in [0.29, 0.717) is 38.4 Å². The molecule has 0 spiro atoms. The van der Waals surface area contributed by atoms with Crippen LogP contribution in [0.2, 0.25) is 10.0 Å².